The van der Waals surface area contributed by atoms with E-state index >= 15 is 0 Å². The lowest BCUT2D eigenvalue weighted by Crippen LogP contribution is -2.45. The Morgan fingerprint density at radius 1 is 0.958 bits per heavy atom. The van der Waals surface area contributed by atoms with Crippen molar-refractivity contribution in [3.8, 4) is 0 Å². The first-order valence-corrected chi connectivity index (χ1v) is 9.09. The van der Waals surface area contributed by atoms with E-state index in [0.29, 0.717) is 6.54 Å². The van der Waals surface area contributed by atoms with Gasteiger partial charge in [-0.1, -0.05) is 49.6 Å². The molecule has 1 aliphatic carbocycles. The molecular formula is C19H31N3O2. The number of hydrogen-bond donors (Lipinski definition) is 3. The van der Waals surface area contributed by atoms with Crippen LogP contribution >= 0.6 is 0 Å². The molecule has 1 aliphatic heterocycles. The van der Waals surface area contributed by atoms with E-state index < -0.39 is 11.8 Å². The average molecular weight is 333 g/mol. The summed E-state index contributed by atoms with van der Waals surface area (Å²) in [5.74, 6) is -1.06. The van der Waals surface area contributed by atoms with Gasteiger partial charge in [-0.05, 0) is 44.3 Å². The van der Waals surface area contributed by atoms with Crippen LogP contribution in [0.3, 0.4) is 0 Å². The molecule has 5 heteroatoms. The molecule has 3 N–H and O–H groups in total. The first-order chi connectivity index (χ1) is 11.8. The van der Waals surface area contributed by atoms with Gasteiger partial charge >= 0.3 is 11.8 Å². The number of hydrogen-bond acceptors (Lipinski definition) is 3. The summed E-state index contributed by atoms with van der Waals surface area (Å²) in [6.45, 7) is 2.89. The lowest BCUT2D eigenvalue weighted by Gasteiger charge is -2.22. The fraction of sp³-hybridized carbons (Fsp3) is 0.579. The molecule has 0 unspecified atom stereocenters. The van der Waals surface area contributed by atoms with Gasteiger partial charge in [-0.2, -0.15) is 0 Å². The van der Waals surface area contributed by atoms with Gasteiger partial charge in [0.2, 0.25) is 0 Å². The van der Waals surface area contributed by atoms with Gasteiger partial charge in [0.25, 0.3) is 0 Å². The average Bonchev–Trinajstić information content (AvgIpc) is 3.21. The van der Waals surface area contributed by atoms with Crippen LogP contribution in [0.1, 0.15) is 51.9 Å². The smallest absolute Gasteiger partial charge is 0.309 e. The van der Waals surface area contributed by atoms with E-state index in [1.54, 1.807) is 0 Å². The standard InChI is InChI=1S/C15H20N2O2.C4H9N.H2/c18-14(16-11-12-7-3-1-4-8-12)15(19)17-13-9-5-2-6-10-13;1-2-4-5-3-1;/h1,3-4,7-8,13H,2,5-6,9-11H2,(H,16,18)(H,17,19);5H,1-4H2;1H. The summed E-state index contributed by atoms with van der Waals surface area (Å²) in [5.41, 5.74) is 0.987. The van der Waals surface area contributed by atoms with Crippen molar-refractivity contribution < 1.29 is 11.0 Å². The van der Waals surface area contributed by atoms with E-state index in [2.05, 4.69) is 16.0 Å². The van der Waals surface area contributed by atoms with Crippen molar-refractivity contribution in [2.75, 3.05) is 13.1 Å². The summed E-state index contributed by atoms with van der Waals surface area (Å²) < 4.78 is 0. The van der Waals surface area contributed by atoms with Crippen LogP contribution in [0.25, 0.3) is 0 Å². The predicted octanol–water partition coefficient (Wildman–Crippen LogP) is 2.37. The molecule has 2 aliphatic rings. The van der Waals surface area contributed by atoms with Crippen molar-refractivity contribution >= 4 is 11.8 Å². The van der Waals surface area contributed by atoms with Gasteiger partial charge < -0.3 is 16.0 Å². The highest BCUT2D eigenvalue weighted by Crippen LogP contribution is 2.17. The molecular weight excluding hydrogens is 302 g/mol. The Morgan fingerprint density at radius 2 is 1.62 bits per heavy atom. The molecule has 0 aromatic heterocycles. The second-order valence-electron chi connectivity index (χ2n) is 6.43. The zero-order valence-corrected chi connectivity index (χ0v) is 14.4. The zero-order chi connectivity index (χ0) is 17.0. The maximum Gasteiger partial charge on any atom is 0.309 e. The van der Waals surface area contributed by atoms with Crippen LogP contribution < -0.4 is 16.0 Å². The molecule has 0 radical (unpaired) electrons. The minimum absolute atomic E-state index is 0. The molecule has 1 saturated carbocycles. The van der Waals surface area contributed by atoms with Crippen LogP contribution in [0.4, 0.5) is 0 Å². The van der Waals surface area contributed by atoms with Crippen molar-refractivity contribution in [2.24, 2.45) is 0 Å². The van der Waals surface area contributed by atoms with E-state index in [0.717, 1.165) is 31.2 Å². The molecule has 1 heterocycles. The number of benzene rings is 1. The summed E-state index contributed by atoms with van der Waals surface area (Å²) in [7, 11) is 0. The lowest BCUT2D eigenvalue weighted by atomic mass is 9.95. The molecule has 1 saturated heterocycles. The first-order valence-electron chi connectivity index (χ1n) is 9.09. The summed E-state index contributed by atoms with van der Waals surface area (Å²) in [6, 6.07) is 9.73. The molecule has 2 fully saturated rings. The van der Waals surface area contributed by atoms with Crippen LogP contribution in [0.2, 0.25) is 0 Å². The van der Waals surface area contributed by atoms with Gasteiger partial charge in [-0.25, -0.2) is 0 Å². The number of carbonyl (C=O) groups excluding carboxylic acids is 2. The second kappa shape index (κ2) is 10.8. The minimum Gasteiger partial charge on any atom is -0.345 e. The Morgan fingerprint density at radius 3 is 2.21 bits per heavy atom. The van der Waals surface area contributed by atoms with Gasteiger partial charge in [0.05, 0.1) is 0 Å². The second-order valence-corrected chi connectivity index (χ2v) is 6.43. The van der Waals surface area contributed by atoms with Crippen LogP contribution in [-0.4, -0.2) is 30.9 Å². The maximum atomic E-state index is 11.7. The van der Waals surface area contributed by atoms with Gasteiger partial charge in [-0.15, -0.1) is 0 Å². The van der Waals surface area contributed by atoms with Gasteiger partial charge in [0.1, 0.15) is 0 Å². The third kappa shape index (κ3) is 7.13. The molecule has 0 spiro atoms. The predicted molar refractivity (Wildman–Crippen MR) is 97.5 cm³/mol. The van der Waals surface area contributed by atoms with E-state index in [-0.39, 0.29) is 7.47 Å². The molecule has 134 valence electrons. The van der Waals surface area contributed by atoms with Crippen molar-refractivity contribution in [3.63, 3.8) is 0 Å². The Hall–Kier alpha value is -1.88. The van der Waals surface area contributed by atoms with Crippen molar-refractivity contribution in [1.82, 2.24) is 16.0 Å². The molecule has 0 atom stereocenters. The van der Waals surface area contributed by atoms with Crippen LogP contribution in [-0.2, 0) is 16.1 Å². The SMILES string of the molecule is C1CCNC1.O=C(NCc1ccccc1)C(=O)NC1CCCCC1.[HH]. The summed E-state index contributed by atoms with van der Waals surface area (Å²) in [6.07, 6.45) is 8.25. The highest BCUT2D eigenvalue weighted by atomic mass is 16.2. The normalized spacial score (nSPS) is 17.5. The van der Waals surface area contributed by atoms with Gasteiger partial charge in [0.15, 0.2) is 0 Å². The number of carbonyl (C=O) groups is 2. The largest absolute Gasteiger partial charge is 0.345 e. The molecule has 5 nitrogen and oxygen atoms in total. The topological polar surface area (TPSA) is 70.2 Å². The highest BCUT2D eigenvalue weighted by Gasteiger charge is 2.19. The maximum absolute atomic E-state index is 11.7. The van der Waals surface area contributed by atoms with Gasteiger partial charge in [0, 0.05) is 14.0 Å². The van der Waals surface area contributed by atoms with E-state index in [1.807, 2.05) is 30.3 Å². The molecule has 3 rings (SSSR count). The summed E-state index contributed by atoms with van der Waals surface area (Å²) in [5, 5.41) is 8.66. The molecule has 0 bridgehead atoms. The molecule has 2 amide bonds. The third-order valence-corrected chi connectivity index (χ3v) is 4.40. The monoisotopic (exact) mass is 333 g/mol. The fourth-order valence-electron chi connectivity index (χ4n) is 2.98. The number of rotatable bonds is 3. The minimum atomic E-state index is -0.547. The molecule has 1 aromatic carbocycles. The Kier molecular flexibility index (Phi) is 8.32. The van der Waals surface area contributed by atoms with E-state index in [1.165, 1.54) is 32.4 Å². The summed E-state index contributed by atoms with van der Waals surface area (Å²) >= 11 is 0. The van der Waals surface area contributed by atoms with E-state index in [4.69, 9.17) is 0 Å². The Balaban J connectivity index is 0.000000448. The van der Waals surface area contributed by atoms with Crippen LogP contribution in [0, 0.1) is 0 Å². The Labute approximate surface area is 146 Å². The van der Waals surface area contributed by atoms with E-state index in [9.17, 15) is 9.59 Å². The van der Waals surface area contributed by atoms with Crippen molar-refractivity contribution in [1.29, 1.82) is 0 Å². The molecule has 1 aromatic rings. The van der Waals surface area contributed by atoms with Crippen molar-refractivity contribution in [3.05, 3.63) is 35.9 Å². The van der Waals surface area contributed by atoms with Gasteiger partial charge in [-0.3, -0.25) is 9.59 Å². The zero-order valence-electron chi connectivity index (χ0n) is 14.4. The number of nitrogens with one attached hydrogen (secondary N) is 3. The highest BCUT2D eigenvalue weighted by molar-refractivity contribution is 6.35. The number of amides is 2. The molecule has 24 heavy (non-hydrogen) atoms. The van der Waals surface area contributed by atoms with Crippen molar-refractivity contribution in [2.45, 2.75) is 57.5 Å². The Bertz CT molecular complexity index is 493. The third-order valence-electron chi connectivity index (χ3n) is 4.40. The lowest BCUT2D eigenvalue weighted by molar-refractivity contribution is -0.139. The van der Waals surface area contributed by atoms with Crippen LogP contribution in [0.5, 0.6) is 0 Å². The summed E-state index contributed by atoms with van der Waals surface area (Å²) in [4.78, 5) is 23.4. The fourth-order valence-corrected chi connectivity index (χ4v) is 2.98. The first kappa shape index (κ1) is 18.5. The van der Waals surface area contributed by atoms with Crippen LogP contribution in [0.15, 0.2) is 30.3 Å². The quantitative estimate of drug-likeness (QED) is 0.744.